The van der Waals surface area contributed by atoms with Crippen LogP contribution in [0.25, 0.3) is 5.65 Å². The molecule has 0 unspecified atom stereocenters. The van der Waals surface area contributed by atoms with E-state index in [1.807, 2.05) is 0 Å². The van der Waals surface area contributed by atoms with Gasteiger partial charge in [0.05, 0.1) is 6.61 Å². The molecule has 8 nitrogen and oxygen atoms in total. The Labute approximate surface area is 120 Å². The zero-order valence-electron chi connectivity index (χ0n) is 11.4. The summed E-state index contributed by atoms with van der Waals surface area (Å²) in [6.07, 6.45) is 3.03. The Morgan fingerprint density at radius 3 is 3.00 bits per heavy atom. The summed E-state index contributed by atoms with van der Waals surface area (Å²) >= 11 is 0. The van der Waals surface area contributed by atoms with Gasteiger partial charge in [-0.25, -0.2) is 9.78 Å². The highest BCUT2D eigenvalue weighted by Crippen LogP contribution is 2.18. The zero-order chi connectivity index (χ0) is 15.2. The quantitative estimate of drug-likeness (QED) is 0.706. The van der Waals surface area contributed by atoms with Crippen LogP contribution in [0.2, 0.25) is 0 Å². The molecule has 0 aliphatic heterocycles. The maximum absolute atomic E-state index is 11.5. The summed E-state index contributed by atoms with van der Waals surface area (Å²) < 4.78 is 11.7. The minimum absolute atomic E-state index is 0.0874. The van der Waals surface area contributed by atoms with Gasteiger partial charge < -0.3 is 24.3 Å². The van der Waals surface area contributed by atoms with Crippen molar-refractivity contribution in [3.8, 4) is 5.75 Å². The molecule has 21 heavy (non-hydrogen) atoms. The van der Waals surface area contributed by atoms with E-state index in [0.29, 0.717) is 24.5 Å². The van der Waals surface area contributed by atoms with Gasteiger partial charge in [0.15, 0.2) is 23.7 Å². The molecular formula is C13H15N3O5. The van der Waals surface area contributed by atoms with Gasteiger partial charge in [0.25, 0.3) is 5.91 Å². The number of carbonyl (C=O) groups is 2. The first-order valence-electron chi connectivity index (χ1n) is 6.21. The Morgan fingerprint density at radius 1 is 1.48 bits per heavy atom. The number of amides is 1. The molecule has 0 aliphatic rings. The Balaban J connectivity index is 2.04. The van der Waals surface area contributed by atoms with E-state index in [1.54, 1.807) is 25.4 Å². The Bertz CT molecular complexity index is 652. The number of methoxy groups -OCH3 is 1. The number of carboxylic acids is 1. The summed E-state index contributed by atoms with van der Waals surface area (Å²) in [5, 5.41) is 11.5. The molecule has 0 saturated heterocycles. The predicted octanol–water partition coefficient (Wildman–Crippen LogP) is 0.174. The van der Waals surface area contributed by atoms with Crippen LogP contribution >= 0.6 is 0 Å². The minimum Gasteiger partial charge on any atom is -0.480 e. The first-order valence-corrected chi connectivity index (χ1v) is 6.21. The van der Waals surface area contributed by atoms with Crippen LogP contribution in [0.15, 0.2) is 24.5 Å². The number of aromatic carboxylic acids is 1. The van der Waals surface area contributed by atoms with Crippen LogP contribution in [0.3, 0.4) is 0 Å². The van der Waals surface area contributed by atoms with Gasteiger partial charge >= 0.3 is 5.97 Å². The number of ether oxygens (including phenoxy) is 2. The van der Waals surface area contributed by atoms with Crippen molar-refractivity contribution in [2.45, 2.75) is 0 Å². The van der Waals surface area contributed by atoms with Crippen LogP contribution in [-0.4, -0.2) is 53.2 Å². The van der Waals surface area contributed by atoms with Crippen molar-refractivity contribution in [1.82, 2.24) is 14.7 Å². The molecule has 0 bridgehead atoms. The molecule has 2 aromatic rings. The minimum atomic E-state index is -1.12. The second-order valence-corrected chi connectivity index (χ2v) is 4.17. The fourth-order valence-corrected chi connectivity index (χ4v) is 1.69. The molecular weight excluding hydrogens is 278 g/mol. The molecule has 0 aliphatic carbocycles. The summed E-state index contributed by atoms with van der Waals surface area (Å²) in [5.41, 5.74) is 0.259. The molecule has 8 heteroatoms. The maximum atomic E-state index is 11.5. The van der Waals surface area contributed by atoms with Gasteiger partial charge in [-0.3, -0.25) is 4.79 Å². The number of hydrogen-bond donors (Lipinski definition) is 2. The lowest BCUT2D eigenvalue weighted by Crippen LogP contribution is -2.31. The number of carboxylic acid groups (broad SMARTS) is 1. The van der Waals surface area contributed by atoms with E-state index in [2.05, 4.69) is 10.3 Å². The summed E-state index contributed by atoms with van der Waals surface area (Å²) in [7, 11) is 1.54. The summed E-state index contributed by atoms with van der Waals surface area (Å²) in [6, 6.07) is 3.30. The molecule has 1 amide bonds. The SMILES string of the molecule is COCCNC(=O)COc1cccn2cc(C(=O)O)nc12. The number of nitrogens with zero attached hydrogens (tertiary/aromatic N) is 2. The smallest absolute Gasteiger partial charge is 0.356 e. The average molecular weight is 293 g/mol. The molecule has 2 N–H and O–H groups in total. The number of imidazole rings is 1. The first kappa shape index (κ1) is 14.8. The summed E-state index contributed by atoms with van der Waals surface area (Å²) in [6.45, 7) is 0.637. The van der Waals surface area contributed by atoms with E-state index in [4.69, 9.17) is 14.6 Å². The number of rotatable bonds is 7. The van der Waals surface area contributed by atoms with Gasteiger partial charge in [-0.2, -0.15) is 0 Å². The third kappa shape index (κ3) is 3.69. The van der Waals surface area contributed by atoms with Gasteiger partial charge in [0.2, 0.25) is 0 Å². The number of carbonyl (C=O) groups excluding carboxylic acids is 1. The Morgan fingerprint density at radius 2 is 2.29 bits per heavy atom. The number of aromatic nitrogens is 2. The second-order valence-electron chi connectivity index (χ2n) is 4.17. The molecule has 0 radical (unpaired) electrons. The molecule has 0 fully saturated rings. The van der Waals surface area contributed by atoms with Crippen LogP contribution in [0.1, 0.15) is 10.5 Å². The molecule has 0 saturated carbocycles. The highest BCUT2D eigenvalue weighted by molar-refractivity contribution is 5.86. The first-order chi connectivity index (χ1) is 10.1. The molecule has 2 heterocycles. The topological polar surface area (TPSA) is 102 Å². The van der Waals surface area contributed by atoms with Crippen molar-refractivity contribution < 1.29 is 24.2 Å². The Kier molecular flexibility index (Phi) is 4.72. The number of hydrogen-bond acceptors (Lipinski definition) is 5. The van der Waals surface area contributed by atoms with Crippen molar-refractivity contribution >= 4 is 17.5 Å². The van der Waals surface area contributed by atoms with E-state index in [0.717, 1.165) is 0 Å². The number of nitrogens with one attached hydrogen (secondary N) is 1. The Hall–Kier alpha value is -2.61. The lowest BCUT2D eigenvalue weighted by atomic mass is 10.4. The average Bonchev–Trinajstić information content (AvgIpc) is 2.90. The van der Waals surface area contributed by atoms with Crippen molar-refractivity contribution in [3.63, 3.8) is 0 Å². The van der Waals surface area contributed by atoms with Gasteiger partial charge in [-0.1, -0.05) is 0 Å². The normalized spacial score (nSPS) is 10.5. The molecule has 0 atom stereocenters. The lowest BCUT2D eigenvalue weighted by Gasteiger charge is -2.07. The van der Waals surface area contributed by atoms with E-state index in [9.17, 15) is 9.59 Å². The molecule has 2 aromatic heterocycles. The third-order valence-corrected chi connectivity index (χ3v) is 2.65. The number of fused-ring (bicyclic) bond motifs is 1. The van der Waals surface area contributed by atoms with Crippen molar-refractivity contribution in [2.24, 2.45) is 0 Å². The zero-order valence-corrected chi connectivity index (χ0v) is 11.4. The molecule has 2 rings (SSSR count). The van der Waals surface area contributed by atoms with Crippen LogP contribution in [0.5, 0.6) is 5.75 Å². The van der Waals surface area contributed by atoms with Gasteiger partial charge in [0.1, 0.15) is 0 Å². The van der Waals surface area contributed by atoms with E-state index < -0.39 is 5.97 Å². The number of pyridine rings is 1. The van der Waals surface area contributed by atoms with Crippen LogP contribution in [0.4, 0.5) is 0 Å². The van der Waals surface area contributed by atoms with Gasteiger partial charge in [0, 0.05) is 26.0 Å². The highest BCUT2D eigenvalue weighted by atomic mass is 16.5. The fourth-order valence-electron chi connectivity index (χ4n) is 1.69. The summed E-state index contributed by atoms with van der Waals surface area (Å²) in [5.74, 6) is -1.08. The lowest BCUT2D eigenvalue weighted by molar-refractivity contribution is -0.123. The van der Waals surface area contributed by atoms with E-state index in [1.165, 1.54) is 10.6 Å². The standard InChI is InChI=1S/C13H15N3O5/c1-20-6-4-14-11(17)8-21-10-3-2-5-16-7-9(13(18)19)15-12(10)16/h2-3,5,7H,4,6,8H2,1H3,(H,14,17)(H,18,19). The summed E-state index contributed by atoms with van der Waals surface area (Å²) in [4.78, 5) is 26.4. The predicted molar refractivity (Wildman–Crippen MR) is 72.5 cm³/mol. The monoisotopic (exact) mass is 293 g/mol. The molecule has 0 aromatic carbocycles. The van der Waals surface area contributed by atoms with E-state index >= 15 is 0 Å². The molecule has 112 valence electrons. The largest absolute Gasteiger partial charge is 0.480 e. The van der Waals surface area contributed by atoms with Crippen molar-refractivity contribution in [2.75, 3.05) is 26.9 Å². The van der Waals surface area contributed by atoms with E-state index in [-0.39, 0.29) is 18.2 Å². The van der Waals surface area contributed by atoms with Crippen LogP contribution < -0.4 is 10.1 Å². The second kappa shape index (κ2) is 6.71. The highest BCUT2D eigenvalue weighted by Gasteiger charge is 2.12. The van der Waals surface area contributed by atoms with Crippen LogP contribution in [0, 0.1) is 0 Å². The third-order valence-electron chi connectivity index (χ3n) is 2.65. The fraction of sp³-hybridized carbons (Fsp3) is 0.308. The van der Waals surface area contributed by atoms with Gasteiger partial charge in [-0.15, -0.1) is 0 Å². The maximum Gasteiger partial charge on any atom is 0.356 e. The van der Waals surface area contributed by atoms with Crippen molar-refractivity contribution in [1.29, 1.82) is 0 Å². The molecule has 0 spiro atoms. The van der Waals surface area contributed by atoms with Gasteiger partial charge in [-0.05, 0) is 12.1 Å². The van der Waals surface area contributed by atoms with Crippen LogP contribution in [-0.2, 0) is 9.53 Å². The van der Waals surface area contributed by atoms with Crippen molar-refractivity contribution in [3.05, 3.63) is 30.2 Å².